The minimum absolute atomic E-state index is 0.0270. The number of ether oxygens (including phenoxy) is 1. The number of carbonyl (C=O) groups excluding carboxylic acids is 2. The summed E-state index contributed by atoms with van der Waals surface area (Å²) in [5.41, 5.74) is -0.333. The van der Waals surface area contributed by atoms with Crippen LogP contribution in [0.25, 0.3) is 6.08 Å². The molecule has 9 heteroatoms. The Balaban J connectivity index is 1.88. The van der Waals surface area contributed by atoms with Gasteiger partial charge in [-0.2, -0.15) is 13.2 Å². The molecule has 0 aliphatic carbocycles. The van der Waals surface area contributed by atoms with Crippen molar-refractivity contribution >= 4 is 23.6 Å². The second-order valence-corrected chi connectivity index (χ2v) is 5.61. The largest absolute Gasteiger partial charge is 0.504 e. The standard InChI is InChI=1S/C19H17F3N2O4/c1-28-16-9-12(5-7-15(16)25)6-8-17(26)23-11-18(27)24-14-4-2-3-13(10-14)19(20,21)22/h2-10,25H,11H2,1H3,(H,23,26)(H,24,27)/b8-6+. The van der Waals surface area contributed by atoms with Crippen LogP contribution in [-0.2, 0) is 15.8 Å². The molecule has 0 unspecified atom stereocenters. The van der Waals surface area contributed by atoms with E-state index in [-0.39, 0.29) is 17.2 Å². The van der Waals surface area contributed by atoms with Gasteiger partial charge >= 0.3 is 6.18 Å². The summed E-state index contributed by atoms with van der Waals surface area (Å²) >= 11 is 0. The average molecular weight is 394 g/mol. The molecule has 0 saturated heterocycles. The minimum Gasteiger partial charge on any atom is -0.504 e. The molecule has 0 heterocycles. The number of nitrogens with one attached hydrogen (secondary N) is 2. The van der Waals surface area contributed by atoms with E-state index in [1.165, 1.54) is 43.5 Å². The molecule has 2 aromatic carbocycles. The van der Waals surface area contributed by atoms with Gasteiger partial charge < -0.3 is 20.5 Å². The summed E-state index contributed by atoms with van der Waals surface area (Å²) in [6.07, 6.45) is -1.90. The molecule has 28 heavy (non-hydrogen) atoms. The number of phenolic OH excluding ortho intramolecular Hbond substituents is 1. The number of benzene rings is 2. The summed E-state index contributed by atoms with van der Waals surface area (Å²) in [5.74, 6) is -1.06. The fourth-order valence-corrected chi connectivity index (χ4v) is 2.17. The van der Waals surface area contributed by atoms with Gasteiger partial charge in [0.2, 0.25) is 11.8 Å². The number of carbonyl (C=O) groups is 2. The van der Waals surface area contributed by atoms with Crippen LogP contribution in [0.2, 0.25) is 0 Å². The van der Waals surface area contributed by atoms with E-state index < -0.39 is 30.1 Å². The Morgan fingerprint density at radius 1 is 1.18 bits per heavy atom. The number of phenols is 1. The number of anilines is 1. The van der Waals surface area contributed by atoms with Crippen molar-refractivity contribution < 1.29 is 32.6 Å². The van der Waals surface area contributed by atoms with Crippen LogP contribution in [0, 0.1) is 0 Å². The molecular formula is C19H17F3N2O4. The first kappa shape index (κ1) is 20.8. The lowest BCUT2D eigenvalue weighted by Gasteiger charge is -2.10. The van der Waals surface area contributed by atoms with Crippen LogP contribution in [0.1, 0.15) is 11.1 Å². The highest BCUT2D eigenvalue weighted by Gasteiger charge is 2.30. The van der Waals surface area contributed by atoms with Gasteiger partial charge in [0.1, 0.15) is 0 Å². The van der Waals surface area contributed by atoms with E-state index in [9.17, 15) is 27.9 Å². The number of alkyl halides is 3. The molecule has 3 N–H and O–H groups in total. The summed E-state index contributed by atoms with van der Waals surface area (Å²) < 4.78 is 42.9. The van der Waals surface area contributed by atoms with E-state index in [2.05, 4.69) is 10.6 Å². The first-order valence-electron chi connectivity index (χ1n) is 7.99. The quantitative estimate of drug-likeness (QED) is 0.657. The molecule has 2 aromatic rings. The molecule has 0 bridgehead atoms. The second-order valence-electron chi connectivity index (χ2n) is 5.61. The Kier molecular flexibility index (Phi) is 6.64. The zero-order chi connectivity index (χ0) is 20.7. The lowest BCUT2D eigenvalue weighted by Crippen LogP contribution is -2.31. The van der Waals surface area contributed by atoms with Gasteiger partial charge in [-0.3, -0.25) is 9.59 Å². The van der Waals surface area contributed by atoms with Crippen molar-refractivity contribution in [3.05, 3.63) is 59.7 Å². The Hall–Kier alpha value is -3.49. The van der Waals surface area contributed by atoms with Gasteiger partial charge in [0.25, 0.3) is 0 Å². The van der Waals surface area contributed by atoms with Crippen LogP contribution in [-0.4, -0.2) is 30.6 Å². The fraction of sp³-hybridized carbons (Fsp3) is 0.158. The molecular weight excluding hydrogens is 377 g/mol. The summed E-state index contributed by atoms with van der Waals surface area (Å²) in [6.45, 7) is -0.418. The maximum atomic E-state index is 12.7. The maximum absolute atomic E-state index is 12.7. The number of rotatable bonds is 6. The van der Waals surface area contributed by atoms with E-state index in [4.69, 9.17) is 4.74 Å². The zero-order valence-electron chi connectivity index (χ0n) is 14.7. The van der Waals surface area contributed by atoms with Crippen LogP contribution in [0.3, 0.4) is 0 Å². The number of hydrogen-bond acceptors (Lipinski definition) is 4. The van der Waals surface area contributed by atoms with Gasteiger partial charge in [-0.05, 0) is 42.0 Å². The molecule has 2 amide bonds. The van der Waals surface area contributed by atoms with Crippen LogP contribution in [0.15, 0.2) is 48.5 Å². The Bertz CT molecular complexity index is 895. The minimum atomic E-state index is -4.52. The Morgan fingerprint density at radius 3 is 2.61 bits per heavy atom. The smallest absolute Gasteiger partial charge is 0.416 e. The number of halogens is 3. The molecule has 6 nitrogen and oxygen atoms in total. The monoisotopic (exact) mass is 394 g/mol. The molecule has 0 saturated carbocycles. The van der Waals surface area contributed by atoms with E-state index in [0.29, 0.717) is 5.56 Å². The highest BCUT2D eigenvalue weighted by molar-refractivity contribution is 5.98. The van der Waals surface area contributed by atoms with Gasteiger partial charge in [0.15, 0.2) is 11.5 Å². The molecule has 0 aromatic heterocycles. The third-order valence-corrected chi connectivity index (χ3v) is 3.53. The van der Waals surface area contributed by atoms with Gasteiger partial charge in [-0.1, -0.05) is 12.1 Å². The van der Waals surface area contributed by atoms with Gasteiger partial charge in [0.05, 0.1) is 19.2 Å². The van der Waals surface area contributed by atoms with Crippen molar-refractivity contribution in [2.24, 2.45) is 0 Å². The van der Waals surface area contributed by atoms with Crippen LogP contribution < -0.4 is 15.4 Å². The fourth-order valence-electron chi connectivity index (χ4n) is 2.17. The summed E-state index contributed by atoms with van der Waals surface area (Å²) in [6, 6.07) is 8.65. The molecule has 0 atom stereocenters. The summed E-state index contributed by atoms with van der Waals surface area (Å²) in [4.78, 5) is 23.6. The van der Waals surface area contributed by atoms with Crippen molar-refractivity contribution in [1.82, 2.24) is 5.32 Å². The third kappa shape index (κ3) is 6.04. The summed E-state index contributed by atoms with van der Waals surface area (Å²) in [5, 5.41) is 14.1. The predicted molar refractivity (Wildman–Crippen MR) is 96.8 cm³/mol. The molecule has 0 spiro atoms. The van der Waals surface area contributed by atoms with Crippen molar-refractivity contribution in [2.45, 2.75) is 6.18 Å². The lowest BCUT2D eigenvalue weighted by molar-refractivity contribution is -0.137. The molecule has 0 radical (unpaired) electrons. The van der Waals surface area contributed by atoms with Crippen LogP contribution >= 0.6 is 0 Å². The van der Waals surface area contributed by atoms with Crippen LogP contribution in [0.4, 0.5) is 18.9 Å². The molecule has 0 fully saturated rings. The van der Waals surface area contributed by atoms with Crippen molar-refractivity contribution in [3.8, 4) is 11.5 Å². The van der Waals surface area contributed by atoms with E-state index in [1.54, 1.807) is 6.07 Å². The predicted octanol–water partition coefficient (Wildman–Crippen LogP) is 3.19. The highest BCUT2D eigenvalue weighted by Crippen LogP contribution is 2.30. The topological polar surface area (TPSA) is 87.7 Å². The number of hydrogen-bond donors (Lipinski definition) is 3. The van der Waals surface area contributed by atoms with Gasteiger partial charge in [-0.25, -0.2) is 0 Å². The number of amides is 2. The molecule has 2 rings (SSSR count). The second kappa shape index (κ2) is 8.94. The maximum Gasteiger partial charge on any atom is 0.416 e. The number of aromatic hydroxyl groups is 1. The first-order chi connectivity index (χ1) is 13.2. The zero-order valence-corrected chi connectivity index (χ0v) is 14.7. The van der Waals surface area contributed by atoms with Crippen molar-refractivity contribution in [2.75, 3.05) is 19.0 Å². The average Bonchev–Trinajstić information content (AvgIpc) is 2.65. The Labute approximate surface area is 158 Å². The van der Waals surface area contributed by atoms with E-state index >= 15 is 0 Å². The molecule has 0 aliphatic heterocycles. The van der Waals surface area contributed by atoms with E-state index in [1.807, 2.05) is 0 Å². The molecule has 148 valence electrons. The van der Waals surface area contributed by atoms with Gasteiger partial charge in [0, 0.05) is 11.8 Å². The summed E-state index contributed by atoms with van der Waals surface area (Å²) in [7, 11) is 1.39. The first-order valence-corrected chi connectivity index (χ1v) is 7.99. The SMILES string of the molecule is COc1cc(/C=C/C(=O)NCC(=O)Nc2cccc(C(F)(F)F)c2)ccc1O. The van der Waals surface area contributed by atoms with Gasteiger partial charge in [-0.15, -0.1) is 0 Å². The van der Waals surface area contributed by atoms with Crippen LogP contribution in [0.5, 0.6) is 11.5 Å². The molecule has 0 aliphatic rings. The normalized spacial score (nSPS) is 11.3. The lowest BCUT2D eigenvalue weighted by atomic mass is 10.2. The number of methoxy groups -OCH3 is 1. The third-order valence-electron chi connectivity index (χ3n) is 3.53. The van der Waals surface area contributed by atoms with Crippen molar-refractivity contribution in [1.29, 1.82) is 0 Å². The van der Waals surface area contributed by atoms with E-state index in [0.717, 1.165) is 12.1 Å². The van der Waals surface area contributed by atoms with Crippen molar-refractivity contribution in [3.63, 3.8) is 0 Å². The Morgan fingerprint density at radius 2 is 1.93 bits per heavy atom. The highest BCUT2D eigenvalue weighted by atomic mass is 19.4.